The minimum Gasteiger partial charge on any atom is -0.397 e. The summed E-state index contributed by atoms with van der Waals surface area (Å²) in [7, 11) is 0. The van der Waals surface area contributed by atoms with Gasteiger partial charge in [0.2, 0.25) is 0 Å². The SMILES string of the molecule is CC1(C)CN(c2ccc([N+](=O)[O-])cc2N)CCO1. The molecule has 98 valence electrons. The zero-order valence-electron chi connectivity index (χ0n) is 10.5. The van der Waals surface area contributed by atoms with Gasteiger partial charge < -0.3 is 15.4 Å². The predicted octanol–water partition coefficient (Wildman–Crippen LogP) is 1.79. The van der Waals surface area contributed by atoms with Crippen molar-refractivity contribution in [1.82, 2.24) is 0 Å². The molecule has 18 heavy (non-hydrogen) atoms. The van der Waals surface area contributed by atoms with E-state index in [1.807, 2.05) is 13.8 Å². The molecule has 0 unspecified atom stereocenters. The van der Waals surface area contributed by atoms with Crippen LogP contribution in [0.15, 0.2) is 18.2 Å². The summed E-state index contributed by atoms with van der Waals surface area (Å²) in [6.45, 7) is 6.12. The molecule has 1 aromatic rings. The van der Waals surface area contributed by atoms with Crippen LogP contribution in [0, 0.1) is 10.1 Å². The number of benzene rings is 1. The monoisotopic (exact) mass is 251 g/mol. The maximum absolute atomic E-state index is 10.7. The van der Waals surface area contributed by atoms with Gasteiger partial charge in [0.15, 0.2) is 0 Å². The third kappa shape index (κ3) is 2.53. The second-order valence-corrected chi connectivity index (χ2v) is 5.03. The standard InChI is InChI=1S/C12H17N3O3/c1-12(2)8-14(5-6-18-12)11-4-3-9(15(16)17)7-10(11)13/h3-4,7H,5-6,8,13H2,1-2H3. The summed E-state index contributed by atoms with van der Waals surface area (Å²) in [5.41, 5.74) is 6.94. The van der Waals surface area contributed by atoms with E-state index in [2.05, 4.69) is 4.90 Å². The molecule has 0 spiro atoms. The van der Waals surface area contributed by atoms with Gasteiger partial charge in [-0.15, -0.1) is 0 Å². The molecule has 0 saturated carbocycles. The fourth-order valence-electron chi connectivity index (χ4n) is 2.17. The van der Waals surface area contributed by atoms with Crippen LogP contribution in [0.1, 0.15) is 13.8 Å². The molecule has 1 heterocycles. The normalized spacial score (nSPS) is 18.7. The fraction of sp³-hybridized carbons (Fsp3) is 0.500. The summed E-state index contributed by atoms with van der Waals surface area (Å²) in [6, 6.07) is 4.58. The molecule has 1 aliphatic rings. The number of nitro benzene ring substituents is 1. The summed E-state index contributed by atoms with van der Waals surface area (Å²) in [4.78, 5) is 12.3. The molecular formula is C12H17N3O3. The molecule has 2 N–H and O–H groups in total. The number of non-ortho nitro benzene ring substituents is 1. The van der Waals surface area contributed by atoms with Crippen LogP contribution in [-0.2, 0) is 4.74 Å². The van der Waals surface area contributed by atoms with Crippen molar-refractivity contribution >= 4 is 17.1 Å². The van der Waals surface area contributed by atoms with E-state index in [0.29, 0.717) is 12.3 Å². The van der Waals surface area contributed by atoms with Crippen molar-refractivity contribution in [1.29, 1.82) is 0 Å². The molecule has 1 aliphatic heterocycles. The highest BCUT2D eigenvalue weighted by atomic mass is 16.6. The summed E-state index contributed by atoms with van der Waals surface area (Å²) >= 11 is 0. The zero-order valence-corrected chi connectivity index (χ0v) is 10.5. The van der Waals surface area contributed by atoms with E-state index < -0.39 is 4.92 Å². The molecule has 6 nitrogen and oxygen atoms in total. The van der Waals surface area contributed by atoms with Gasteiger partial charge in [0.05, 0.1) is 28.5 Å². The molecule has 0 atom stereocenters. The molecule has 2 rings (SSSR count). The molecule has 0 aliphatic carbocycles. The molecule has 0 aromatic heterocycles. The van der Waals surface area contributed by atoms with Crippen molar-refractivity contribution in [3.8, 4) is 0 Å². The van der Waals surface area contributed by atoms with E-state index in [-0.39, 0.29) is 11.3 Å². The summed E-state index contributed by atoms with van der Waals surface area (Å²) in [6.07, 6.45) is 0. The summed E-state index contributed by atoms with van der Waals surface area (Å²) < 4.78 is 5.63. The highest BCUT2D eigenvalue weighted by Gasteiger charge is 2.28. The number of nitro groups is 1. The van der Waals surface area contributed by atoms with Gasteiger partial charge in [-0.05, 0) is 19.9 Å². The van der Waals surface area contributed by atoms with Crippen LogP contribution < -0.4 is 10.6 Å². The Morgan fingerprint density at radius 2 is 2.22 bits per heavy atom. The lowest BCUT2D eigenvalue weighted by atomic mass is 10.1. The fourth-order valence-corrected chi connectivity index (χ4v) is 2.17. The lowest BCUT2D eigenvalue weighted by molar-refractivity contribution is -0.384. The van der Waals surface area contributed by atoms with Crippen LogP contribution in [0.4, 0.5) is 17.1 Å². The number of hydrogen-bond acceptors (Lipinski definition) is 5. The van der Waals surface area contributed by atoms with Crippen molar-refractivity contribution in [3.63, 3.8) is 0 Å². The molecule has 0 bridgehead atoms. The zero-order chi connectivity index (χ0) is 13.3. The molecule has 6 heteroatoms. The molecule has 1 saturated heterocycles. The number of ether oxygens (including phenoxy) is 1. The van der Waals surface area contributed by atoms with Gasteiger partial charge in [0.1, 0.15) is 0 Å². The smallest absolute Gasteiger partial charge is 0.271 e. The van der Waals surface area contributed by atoms with Crippen LogP contribution in [0.5, 0.6) is 0 Å². The predicted molar refractivity (Wildman–Crippen MR) is 69.8 cm³/mol. The Kier molecular flexibility index (Phi) is 3.13. The summed E-state index contributed by atoms with van der Waals surface area (Å²) in [5, 5.41) is 10.7. The topological polar surface area (TPSA) is 81.6 Å². The van der Waals surface area contributed by atoms with Gasteiger partial charge in [-0.25, -0.2) is 0 Å². The number of nitrogens with two attached hydrogens (primary N) is 1. The van der Waals surface area contributed by atoms with E-state index in [1.54, 1.807) is 6.07 Å². The number of morpholine rings is 1. The van der Waals surface area contributed by atoms with Crippen LogP contribution in [0.2, 0.25) is 0 Å². The second-order valence-electron chi connectivity index (χ2n) is 5.03. The minimum atomic E-state index is -0.441. The van der Waals surface area contributed by atoms with Gasteiger partial charge in [-0.3, -0.25) is 10.1 Å². The van der Waals surface area contributed by atoms with Gasteiger partial charge in [0, 0.05) is 25.2 Å². The third-order valence-corrected chi connectivity index (χ3v) is 2.99. The first-order valence-electron chi connectivity index (χ1n) is 5.82. The van der Waals surface area contributed by atoms with E-state index in [4.69, 9.17) is 10.5 Å². The molecule has 1 aromatic carbocycles. The Morgan fingerprint density at radius 1 is 1.50 bits per heavy atom. The quantitative estimate of drug-likeness (QED) is 0.492. The largest absolute Gasteiger partial charge is 0.397 e. The van der Waals surface area contributed by atoms with Crippen LogP contribution in [-0.4, -0.2) is 30.2 Å². The lowest BCUT2D eigenvalue weighted by Gasteiger charge is -2.39. The number of nitrogen functional groups attached to an aromatic ring is 1. The average molecular weight is 251 g/mol. The average Bonchev–Trinajstić information content (AvgIpc) is 2.27. The van der Waals surface area contributed by atoms with Gasteiger partial charge in [-0.2, -0.15) is 0 Å². The van der Waals surface area contributed by atoms with E-state index >= 15 is 0 Å². The number of anilines is 2. The Morgan fingerprint density at radius 3 is 2.78 bits per heavy atom. The Balaban J connectivity index is 2.26. The number of hydrogen-bond donors (Lipinski definition) is 1. The van der Waals surface area contributed by atoms with E-state index in [1.165, 1.54) is 12.1 Å². The van der Waals surface area contributed by atoms with Gasteiger partial charge in [0.25, 0.3) is 5.69 Å². The number of rotatable bonds is 2. The first-order chi connectivity index (χ1) is 8.39. The van der Waals surface area contributed by atoms with Gasteiger partial charge in [-0.1, -0.05) is 0 Å². The summed E-state index contributed by atoms with van der Waals surface area (Å²) in [5.74, 6) is 0. The molecule has 1 fully saturated rings. The lowest BCUT2D eigenvalue weighted by Crippen LogP contribution is -2.48. The van der Waals surface area contributed by atoms with Crippen molar-refractivity contribution in [3.05, 3.63) is 28.3 Å². The van der Waals surface area contributed by atoms with Crippen molar-refractivity contribution in [2.45, 2.75) is 19.4 Å². The van der Waals surface area contributed by atoms with Crippen LogP contribution >= 0.6 is 0 Å². The maximum Gasteiger partial charge on any atom is 0.271 e. The second kappa shape index (κ2) is 4.45. The van der Waals surface area contributed by atoms with Crippen LogP contribution in [0.25, 0.3) is 0 Å². The molecule has 0 amide bonds. The maximum atomic E-state index is 10.7. The molecule has 0 radical (unpaired) electrons. The van der Waals surface area contributed by atoms with Crippen molar-refractivity contribution in [2.75, 3.05) is 30.3 Å². The number of nitrogens with zero attached hydrogens (tertiary/aromatic N) is 2. The first kappa shape index (κ1) is 12.6. The third-order valence-electron chi connectivity index (χ3n) is 2.99. The van der Waals surface area contributed by atoms with Crippen molar-refractivity contribution in [2.24, 2.45) is 0 Å². The van der Waals surface area contributed by atoms with Gasteiger partial charge >= 0.3 is 0 Å². The Labute approximate surface area is 105 Å². The van der Waals surface area contributed by atoms with Crippen molar-refractivity contribution < 1.29 is 9.66 Å². The highest BCUT2D eigenvalue weighted by molar-refractivity contribution is 5.70. The van der Waals surface area contributed by atoms with E-state index in [0.717, 1.165) is 18.8 Å². The molecular weight excluding hydrogens is 234 g/mol. The van der Waals surface area contributed by atoms with Crippen LogP contribution in [0.3, 0.4) is 0 Å². The van der Waals surface area contributed by atoms with E-state index in [9.17, 15) is 10.1 Å². The highest BCUT2D eigenvalue weighted by Crippen LogP contribution is 2.30. The first-order valence-corrected chi connectivity index (χ1v) is 5.82. The Hall–Kier alpha value is -1.82. The Bertz CT molecular complexity index is 474. The minimum absolute atomic E-state index is 0.0174.